The van der Waals surface area contributed by atoms with Crippen LogP contribution in [0.3, 0.4) is 0 Å². The normalized spacial score (nSPS) is 17.5. The molecule has 1 aromatic rings. The summed E-state index contributed by atoms with van der Waals surface area (Å²) in [6.07, 6.45) is 1.40. The molecule has 11 heavy (non-hydrogen) atoms. The number of rotatable bonds is 0. The first-order chi connectivity index (χ1) is 5.36. The first kappa shape index (κ1) is 9.42. The molecule has 0 fully saturated rings. The van der Waals surface area contributed by atoms with Crippen molar-refractivity contribution in [1.82, 2.24) is 0 Å². The van der Waals surface area contributed by atoms with Crippen molar-refractivity contribution < 1.29 is 0 Å². The van der Waals surface area contributed by atoms with Gasteiger partial charge in [0.15, 0.2) is 0 Å². The minimum absolute atomic E-state index is 0.720. The van der Waals surface area contributed by atoms with Crippen LogP contribution < -0.4 is 0 Å². The molecule has 0 N–H and O–H groups in total. The predicted molar refractivity (Wildman–Crippen MR) is 55.4 cm³/mol. The molecule has 0 saturated carbocycles. The number of hydrogen-bond acceptors (Lipinski definition) is 2. The molecule has 1 aromatic heterocycles. The molecule has 0 amide bonds. The molecule has 1 aliphatic heterocycles. The zero-order chi connectivity index (χ0) is 7.68. The molecule has 60 valence electrons. The standard InChI is InChI=1S/C6H6S2Se3/c9-6-10-4-5(11-6)8-3-1-2-7-4/h1-3H2. The Bertz CT molecular complexity index is 275. The van der Waals surface area contributed by atoms with Gasteiger partial charge < -0.3 is 0 Å². The molecule has 0 spiro atoms. The zero-order valence-electron chi connectivity index (χ0n) is 5.66. The summed E-state index contributed by atoms with van der Waals surface area (Å²) in [4.78, 5) is 0. The molecule has 0 aliphatic carbocycles. The van der Waals surface area contributed by atoms with E-state index in [2.05, 4.69) is 39.1 Å². The Morgan fingerprint density at radius 1 is 1.09 bits per heavy atom. The van der Waals surface area contributed by atoms with E-state index >= 15 is 0 Å². The summed E-state index contributed by atoms with van der Waals surface area (Å²) in [6, 6.07) is 0. The topological polar surface area (TPSA) is 0 Å². The van der Waals surface area contributed by atoms with E-state index < -0.39 is 0 Å². The van der Waals surface area contributed by atoms with Crippen molar-refractivity contribution in [3.05, 3.63) is 1.81 Å². The molecular formula is C6H6S2Se3. The fourth-order valence-electron chi connectivity index (χ4n) is 0.821. The molecule has 0 aromatic carbocycles. The van der Waals surface area contributed by atoms with Gasteiger partial charge in [0.2, 0.25) is 0 Å². The zero-order valence-corrected chi connectivity index (χ0v) is 12.4. The van der Waals surface area contributed by atoms with Gasteiger partial charge in [-0.15, -0.1) is 0 Å². The molecule has 2 rings (SSSR count). The fraction of sp³-hybridized carbons (Fsp3) is 0.500. The predicted octanol–water partition coefficient (Wildman–Crippen LogP) is 1.09. The molecule has 0 saturated heterocycles. The van der Waals surface area contributed by atoms with Crippen molar-refractivity contribution in [2.45, 2.75) is 14.0 Å². The summed E-state index contributed by atoms with van der Waals surface area (Å²) >= 11 is 8.90. The molecular weight excluding hydrogens is 373 g/mol. The maximum atomic E-state index is 3.22. The Morgan fingerprint density at radius 2 is 1.64 bits per heavy atom. The van der Waals surface area contributed by atoms with Gasteiger partial charge in [-0.2, -0.15) is 0 Å². The van der Waals surface area contributed by atoms with Gasteiger partial charge in [0.1, 0.15) is 0 Å². The number of hydrogen-bond donors (Lipinski definition) is 0. The maximum absolute atomic E-state index is 3.22. The van der Waals surface area contributed by atoms with E-state index in [1.165, 1.54) is 17.9 Å². The SMILES string of the molecule is [Se]=c1[se]c2c([se]1)SCCCS2. The van der Waals surface area contributed by atoms with Crippen molar-refractivity contribution in [2.75, 3.05) is 11.5 Å². The van der Waals surface area contributed by atoms with Gasteiger partial charge in [-0.3, -0.25) is 0 Å². The summed E-state index contributed by atoms with van der Waals surface area (Å²) in [5, 5.41) is 0. The van der Waals surface area contributed by atoms with Crippen LogP contribution in [0.1, 0.15) is 6.42 Å². The molecule has 0 bridgehead atoms. The van der Waals surface area contributed by atoms with Crippen LogP contribution in [-0.2, 0) is 0 Å². The van der Waals surface area contributed by atoms with Gasteiger partial charge in [-0.05, 0) is 0 Å². The third-order valence-corrected chi connectivity index (χ3v) is 12.9. The Morgan fingerprint density at radius 3 is 2.18 bits per heavy atom. The van der Waals surface area contributed by atoms with Crippen LogP contribution in [0.25, 0.3) is 0 Å². The molecule has 2 heterocycles. The first-order valence-corrected chi connectivity index (χ1v) is 9.51. The molecule has 0 radical (unpaired) electrons. The van der Waals surface area contributed by atoms with Gasteiger partial charge in [0, 0.05) is 0 Å². The van der Waals surface area contributed by atoms with Crippen LogP contribution >= 0.6 is 23.5 Å². The van der Waals surface area contributed by atoms with Gasteiger partial charge >= 0.3 is 95.4 Å². The molecule has 5 heteroatoms. The molecule has 0 nitrogen and oxygen atoms in total. The van der Waals surface area contributed by atoms with Gasteiger partial charge in [0.05, 0.1) is 0 Å². The van der Waals surface area contributed by atoms with Crippen LogP contribution in [0.4, 0.5) is 0 Å². The van der Waals surface area contributed by atoms with E-state index in [1.54, 1.807) is 9.35 Å². The van der Waals surface area contributed by atoms with E-state index in [-0.39, 0.29) is 0 Å². The van der Waals surface area contributed by atoms with E-state index in [4.69, 9.17) is 0 Å². The quantitative estimate of drug-likeness (QED) is 0.620. The van der Waals surface area contributed by atoms with Crippen LogP contribution in [0, 0.1) is 1.81 Å². The van der Waals surface area contributed by atoms with Gasteiger partial charge in [0.25, 0.3) is 0 Å². The molecule has 0 atom stereocenters. The first-order valence-electron chi connectivity index (χ1n) is 3.26. The van der Waals surface area contributed by atoms with Crippen molar-refractivity contribution >= 4 is 68.1 Å². The van der Waals surface area contributed by atoms with E-state index in [1.807, 2.05) is 0 Å². The second kappa shape index (κ2) is 4.39. The summed E-state index contributed by atoms with van der Waals surface area (Å²) in [5.74, 6) is 2.72. The molecule has 1 aliphatic rings. The van der Waals surface area contributed by atoms with Crippen molar-refractivity contribution in [3.63, 3.8) is 0 Å². The summed E-state index contributed by atoms with van der Waals surface area (Å²) in [6.45, 7) is 0. The van der Waals surface area contributed by atoms with Crippen LogP contribution in [0.5, 0.6) is 0 Å². The van der Waals surface area contributed by atoms with Crippen molar-refractivity contribution in [2.24, 2.45) is 0 Å². The fourth-order valence-corrected chi connectivity index (χ4v) is 15.0. The van der Waals surface area contributed by atoms with Gasteiger partial charge in [-0.25, -0.2) is 0 Å². The third-order valence-electron chi connectivity index (χ3n) is 1.27. The Balaban J connectivity index is 2.39. The second-order valence-electron chi connectivity index (χ2n) is 2.08. The monoisotopic (exact) mass is 382 g/mol. The number of fused-ring (bicyclic) bond motifs is 1. The van der Waals surface area contributed by atoms with Crippen LogP contribution in [0.2, 0.25) is 0 Å². The average molecular weight is 379 g/mol. The average Bonchev–Trinajstić information content (AvgIpc) is 2.17. The summed E-state index contributed by atoms with van der Waals surface area (Å²) in [5.41, 5.74) is 0. The van der Waals surface area contributed by atoms with Crippen molar-refractivity contribution in [3.8, 4) is 0 Å². The van der Waals surface area contributed by atoms with E-state index in [0.717, 1.165) is 29.0 Å². The van der Waals surface area contributed by atoms with E-state index in [0.29, 0.717) is 0 Å². The van der Waals surface area contributed by atoms with Gasteiger partial charge in [-0.1, -0.05) is 0 Å². The van der Waals surface area contributed by atoms with Crippen LogP contribution in [0.15, 0.2) is 7.54 Å². The summed E-state index contributed by atoms with van der Waals surface area (Å²) < 4.78 is 5.15. The minimum atomic E-state index is 0.720. The summed E-state index contributed by atoms with van der Waals surface area (Å²) in [7, 11) is 0. The number of thioether (sulfide) groups is 2. The Kier molecular flexibility index (Phi) is 3.76. The van der Waals surface area contributed by atoms with Crippen molar-refractivity contribution in [1.29, 1.82) is 0 Å². The third kappa shape index (κ3) is 2.42. The molecule has 0 unspecified atom stereocenters. The Labute approximate surface area is 94.4 Å². The van der Waals surface area contributed by atoms with E-state index in [9.17, 15) is 0 Å². The van der Waals surface area contributed by atoms with Crippen LogP contribution in [-0.4, -0.2) is 56.1 Å². The second-order valence-corrected chi connectivity index (χ2v) is 14.5. The Hall–Kier alpha value is 1.87.